The van der Waals surface area contributed by atoms with Crippen molar-refractivity contribution in [2.75, 3.05) is 5.73 Å². The summed E-state index contributed by atoms with van der Waals surface area (Å²) in [5, 5.41) is 0. The molecule has 0 aliphatic carbocycles. The fraction of sp³-hybridized carbons (Fsp3) is 0. The van der Waals surface area contributed by atoms with E-state index in [4.69, 9.17) is 5.73 Å². The lowest BCUT2D eigenvalue weighted by Crippen LogP contribution is -1.88. The normalized spacial score (nSPS) is 9.85. The van der Waals surface area contributed by atoms with Gasteiger partial charge in [-0.15, -0.1) is 0 Å². The maximum atomic E-state index is 5.82. The lowest BCUT2D eigenvalue weighted by atomic mass is 10.0. The van der Waals surface area contributed by atoms with Crippen LogP contribution in [0, 0.1) is 6.07 Å². The third-order valence-corrected chi connectivity index (χ3v) is 1.98. The van der Waals surface area contributed by atoms with E-state index >= 15 is 0 Å². The molecule has 0 atom stereocenters. The Morgan fingerprint density at radius 1 is 1.00 bits per heavy atom. The molecule has 0 aliphatic heterocycles. The molecular formula is C12H10N. The smallest absolute Gasteiger partial charge is 0.0399 e. The molecule has 13 heavy (non-hydrogen) atoms. The van der Waals surface area contributed by atoms with Gasteiger partial charge in [-0.05, 0) is 17.7 Å². The quantitative estimate of drug-likeness (QED) is 0.651. The molecule has 1 nitrogen and oxygen atoms in total. The molecule has 0 saturated heterocycles. The molecule has 0 saturated carbocycles. The van der Waals surface area contributed by atoms with Crippen LogP contribution in [0.25, 0.3) is 11.1 Å². The van der Waals surface area contributed by atoms with Crippen molar-refractivity contribution in [3.63, 3.8) is 0 Å². The van der Waals surface area contributed by atoms with E-state index in [1.807, 2.05) is 42.5 Å². The van der Waals surface area contributed by atoms with Gasteiger partial charge in [-0.1, -0.05) is 42.5 Å². The summed E-state index contributed by atoms with van der Waals surface area (Å²) >= 11 is 0. The maximum Gasteiger partial charge on any atom is 0.0399 e. The minimum absolute atomic E-state index is 0.772. The standard InChI is InChI=1S/C12H10N/c13-12-9-5-4-8-11(12)10-6-2-1-3-7-10/h1-4,6-9H,13H2. The van der Waals surface area contributed by atoms with Gasteiger partial charge in [0.1, 0.15) is 0 Å². The predicted octanol–water partition coefficient (Wildman–Crippen LogP) is 2.74. The lowest BCUT2D eigenvalue weighted by Gasteiger charge is -2.03. The number of nitrogens with two attached hydrogens (primary N) is 1. The minimum atomic E-state index is 0.772. The summed E-state index contributed by atoms with van der Waals surface area (Å²) in [7, 11) is 0. The van der Waals surface area contributed by atoms with Crippen molar-refractivity contribution in [3.05, 3.63) is 54.6 Å². The first-order valence-electron chi connectivity index (χ1n) is 4.19. The maximum absolute atomic E-state index is 5.82. The summed E-state index contributed by atoms with van der Waals surface area (Å²) in [6.07, 6.45) is 0. The molecule has 0 unspecified atom stereocenters. The summed E-state index contributed by atoms with van der Waals surface area (Å²) in [4.78, 5) is 0. The molecule has 2 rings (SSSR count). The Morgan fingerprint density at radius 2 is 1.77 bits per heavy atom. The molecule has 1 heteroatoms. The van der Waals surface area contributed by atoms with Crippen molar-refractivity contribution < 1.29 is 0 Å². The molecule has 63 valence electrons. The average Bonchev–Trinajstić information content (AvgIpc) is 2.20. The Kier molecular flexibility index (Phi) is 2.01. The van der Waals surface area contributed by atoms with Crippen LogP contribution < -0.4 is 5.73 Å². The van der Waals surface area contributed by atoms with Crippen molar-refractivity contribution in [1.29, 1.82) is 0 Å². The molecule has 2 aromatic carbocycles. The Morgan fingerprint density at radius 3 is 2.46 bits per heavy atom. The zero-order valence-corrected chi connectivity index (χ0v) is 7.20. The molecule has 0 aliphatic rings. The van der Waals surface area contributed by atoms with Crippen LogP contribution >= 0.6 is 0 Å². The van der Waals surface area contributed by atoms with Crippen LogP contribution in [0.1, 0.15) is 0 Å². The van der Waals surface area contributed by atoms with E-state index in [2.05, 4.69) is 6.07 Å². The molecule has 0 bridgehead atoms. The van der Waals surface area contributed by atoms with Gasteiger partial charge in [0, 0.05) is 11.3 Å². The van der Waals surface area contributed by atoms with Gasteiger partial charge in [0.05, 0.1) is 0 Å². The third-order valence-electron chi connectivity index (χ3n) is 1.98. The van der Waals surface area contributed by atoms with Gasteiger partial charge in [0.25, 0.3) is 0 Å². The lowest BCUT2D eigenvalue weighted by molar-refractivity contribution is 1.60. The van der Waals surface area contributed by atoms with E-state index in [0.29, 0.717) is 0 Å². The van der Waals surface area contributed by atoms with Gasteiger partial charge in [0.2, 0.25) is 0 Å². The van der Waals surface area contributed by atoms with Gasteiger partial charge in [-0.25, -0.2) is 0 Å². The van der Waals surface area contributed by atoms with Gasteiger partial charge in [0.15, 0.2) is 0 Å². The molecular weight excluding hydrogens is 158 g/mol. The molecule has 0 aromatic heterocycles. The fourth-order valence-electron chi connectivity index (χ4n) is 1.32. The van der Waals surface area contributed by atoms with Crippen molar-refractivity contribution in [1.82, 2.24) is 0 Å². The van der Waals surface area contributed by atoms with E-state index in [9.17, 15) is 0 Å². The highest BCUT2D eigenvalue weighted by molar-refractivity contribution is 5.75. The SMILES string of the molecule is Nc1c[c]ccc1-c1ccccc1. The van der Waals surface area contributed by atoms with Crippen LogP contribution in [0.4, 0.5) is 5.69 Å². The first-order valence-corrected chi connectivity index (χ1v) is 4.19. The van der Waals surface area contributed by atoms with Crippen molar-refractivity contribution in [2.24, 2.45) is 0 Å². The highest BCUT2D eigenvalue weighted by Crippen LogP contribution is 2.24. The second-order valence-corrected chi connectivity index (χ2v) is 2.88. The molecule has 2 aromatic rings. The van der Waals surface area contributed by atoms with Gasteiger partial charge in [-0.3, -0.25) is 0 Å². The summed E-state index contributed by atoms with van der Waals surface area (Å²) in [6, 6.07) is 18.7. The van der Waals surface area contributed by atoms with E-state index in [1.165, 1.54) is 0 Å². The van der Waals surface area contributed by atoms with E-state index < -0.39 is 0 Å². The highest BCUT2D eigenvalue weighted by Gasteiger charge is 1.98. The van der Waals surface area contributed by atoms with Crippen LogP contribution in [0.15, 0.2) is 48.5 Å². The summed E-state index contributed by atoms with van der Waals surface area (Å²) in [6.45, 7) is 0. The summed E-state index contributed by atoms with van der Waals surface area (Å²) in [5.41, 5.74) is 8.81. The number of rotatable bonds is 1. The van der Waals surface area contributed by atoms with Gasteiger partial charge >= 0.3 is 0 Å². The molecule has 0 spiro atoms. The Labute approximate surface area is 77.8 Å². The van der Waals surface area contributed by atoms with E-state index in [-0.39, 0.29) is 0 Å². The molecule has 1 radical (unpaired) electrons. The number of nitrogen functional groups attached to an aromatic ring is 1. The summed E-state index contributed by atoms with van der Waals surface area (Å²) in [5.74, 6) is 0. The van der Waals surface area contributed by atoms with E-state index in [1.54, 1.807) is 6.07 Å². The Hall–Kier alpha value is -1.76. The van der Waals surface area contributed by atoms with Crippen molar-refractivity contribution in [2.45, 2.75) is 0 Å². The molecule has 2 N–H and O–H groups in total. The van der Waals surface area contributed by atoms with Gasteiger partial charge < -0.3 is 5.73 Å². The number of hydrogen-bond acceptors (Lipinski definition) is 1. The van der Waals surface area contributed by atoms with Crippen molar-refractivity contribution in [3.8, 4) is 11.1 Å². The Balaban J connectivity index is 2.54. The topological polar surface area (TPSA) is 26.0 Å². The largest absolute Gasteiger partial charge is 0.398 e. The molecule has 0 amide bonds. The van der Waals surface area contributed by atoms with E-state index in [0.717, 1.165) is 16.8 Å². The van der Waals surface area contributed by atoms with Crippen LogP contribution in [-0.2, 0) is 0 Å². The van der Waals surface area contributed by atoms with Crippen LogP contribution in [0.5, 0.6) is 0 Å². The van der Waals surface area contributed by atoms with Crippen LogP contribution in [-0.4, -0.2) is 0 Å². The minimum Gasteiger partial charge on any atom is -0.398 e. The van der Waals surface area contributed by atoms with Crippen LogP contribution in [0.2, 0.25) is 0 Å². The third kappa shape index (κ3) is 1.54. The molecule has 0 heterocycles. The Bertz CT molecular complexity index is 393. The zero-order chi connectivity index (χ0) is 9.10. The first kappa shape index (κ1) is 7.87. The van der Waals surface area contributed by atoms with Crippen molar-refractivity contribution >= 4 is 5.69 Å². The fourth-order valence-corrected chi connectivity index (χ4v) is 1.32. The second kappa shape index (κ2) is 3.31. The summed E-state index contributed by atoms with van der Waals surface area (Å²) < 4.78 is 0. The number of anilines is 1. The molecule has 0 fully saturated rings. The van der Waals surface area contributed by atoms with Crippen LogP contribution in [0.3, 0.4) is 0 Å². The first-order chi connectivity index (χ1) is 6.38. The number of hydrogen-bond donors (Lipinski definition) is 1. The monoisotopic (exact) mass is 168 g/mol. The predicted molar refractivity (Wildman–Crippen MR) is 55.1 cm³/mol. The second-order valence-electron chi connectivity index (χ2n) is 2.88. The highest BCUT2D eigenvalue weighted by atomic mass is 14.6. The van der Waals surface area contributed by atoms with Gasteiger partial charge in [-0.2, -0.15) is 0 Å². The zero-order valence-electron chi connectivity index (χ0n) is 7.20. The number of benzene rings is 2. The average molecular weight is 168 g/mol.